The summed E-state index contributed by atoms with van der Waals surface area (Å²) >= 11 is 0. The van der Waals surface area contributed by atoms with Gasteiger partial charge in [0, 0.05) is 18.5 Å². The first-order valence-electron chi connectivity index (χ1n) is 7.75. The van der Waals surface area contributed by atoms with E-state index in [2.05, 4.69) is 12.2 Å². The molecular weight excluding hydrogens is 224 g/mol. The summed E-state index contributed by atoms with van der Waals surface area (Å²) in [5.41, 5.74) is 5.65. The minimum absolute atomic E-state index is 0.168. The smallest absolute Gasteiger partial charge is 0.223 e. The Balaban J connectivity index is 1.84. The minimum Gasteiger partial charge on any atom is -0.352 e. The highest BCUT2D eigenvalue weighted by Crippen LogP contribution is 2.42. The van der Waals surface area contributed by atoms with Crippen molar-refractivity contribution in [3.05, 3.63) is 0 Å². The van der Waals surface area contributed by atoms with E-state index in [9.17, 15) is 4.79 Å². The van der Waals surface area contributed by atoms with Gasteiger partial charge >= 0.3 is 0 Å². The second-order valence-electron chi connectivity index (χ2n) is 6.16. The molecule has 3 heteroatoms. The summed E-state index contributed by atoms with van der Waals surface area (Å²) in [6.07, 6.45) is 9.94. The standard InChI is InChI=1S/C15H28N2O/c1-2-14(10-16)17-15(18)13-8-7-11-5-3-4-6-12(11)9-13/h11-14H,2-10,16H2,1H3,(H,17,18). The molecule has 0 aromatic heterocycles. The molecule has 0 aromatic carbocycles. The highest BCUT2D eigenvalue weighted by atomic mass is 16.1. The van der Waals surface area contributed by atoms with Gasteiger partial charge < -0.3 is 11.1 Å². The first-order valence-corrected chi connectivity index (χ1v) is 7.75. The quantitative estimate of drug-likeness (QED) is 0.807. The maximum atomic E-state index is 12.2. The van der Waals surface area contributed by atoms with E-state index in [1.54, 1.807) is 0 Å². The van der Waals surface area contributed by atoms with Gasteiger partial charge in [0.2, 0.25) is 5.91 Å². The average molecular weight is 252 g/mol. The summed E-state index contributed by atoms with van der Waals surface area (Å²) in [5, 5.41) is 3.12. The zero-order valence-corrected chi connectivity index (χ0v) is 11.7. The largest absolute Gasteiger partial charge is 0.352 e. The number of hydrogen-bond donors (Lipinski definition) is 2. The van der Waals surface area contributed by atoms with Crippen LogP contribution < -0.4 is 11.1 Å². The number of hydrogen-bond acceptors (Lipinski definition) is 2. The SMILES string of the molecule is CCC(CN)NC(=O)C1CCC2CCCCC2C1. The van der Waals surface area contributed by atoms with Crippen molar-refractivity contribution in [2.24, 2.45) is 23.5 Å². The number of carbonyl (C=O) groups is 1. The fourth-order valence-electron chi connectivity index (χ4n) is 3.76. The molecule has 18 heavy (non-hydrogen) atoms. The molecule has 2 rings (SSSR count). The Hall–Kier alpha value is -0.570. The summed E-state index contributed by atoms with van der Waals surface area (Å²) in [5.74, 6) is 2.25. The van der Waals surface area contributed by atoms with E-state index < -0.39 is 0 Å². The van der Waals surface area contributed by atoms with Gasteiger partial charge in [-0.2, -0.15) is 0 Å². The second-order valence-corrected chi connectivity index (χ2v) is 6.16. The van der Waals surface area contributed by atoms with Gasteiger partial charge in [0.15, 0.2) is 0 Å². The number of rotatable bonds is 4. The van der Waals surface area contributed by atoms with E-state index in [1.165, 1.54) is 32.1 Å². The van der Waals surface area contributed by atoms with Crippen molar-refractivity contribution in [3.63, 3.8) is 0 Å². The zero-order chi connectivity index (χ0) is 13.0. The third-order valence-corrected chi connectivity index (χ3v) is 5.03. The van der Waals surface area contributed by atoms with Crippen LogP contribution in [-0.4, -0.2) is 18.5 Å². The van der Waals surface area contributed by atoms with E-state index >= 15 is 0 Å². The summed E-state index contributed by atoms with van der Waals surface area (Å²) < 4.78 is 0. The molecule has 1 amide bonds. The number of nitrogens with two attached hydrogens (primary N) is 1. The van der Waals surface area contributed by atoms with Crippen LogP contribution in [0.1, 0.15) is 58.3 Å². The molecule has 0 aromatic rings. The van der Waals surface area contributed by atoms with E-state index in [4.69, 9.17) is 5.73 Å². The average Bonchev–Trinajstić information content (AvgIpc) is 2.44. The van der Waals surface area contributed by atoms with Crippen molar-refractivity contribution in [3.8, 4) is 0 Å². The van der Waals surface area contributed by atoms with Crippen molar-refractivity contribution in [1.82, 2.24) is 5.32 Å². The molecule has 0 bridgehead atoms. The predicted octanol–water partition coefficient (Wildman–Crippen LogP) is 2.45. The van der Waals surface area contributed by atoms with Crippen LogP contribution in [0.4, 0.5) is 0 Å². The van der Waals surface area contributed by atoms with Crippen LogP contribution in [0.5, 0.6) is 0 Å². The number of fused-ring (bicyclic) bond motifs is 1. The molecule has 0 spiro atoms. The van der Waals surface area contributed by atoms with Gasteiger partial charge in [0.05, 0.1) is 0 Å². The monoisotopic (exact) mass is 252 g/mol. The van der Waals surface area contributed by atoms with E-state index in [1.807, 2.05) is 0 Å². The Morgan fingerprint density at radius 3 is 2.61 bits per heavy atom. The number of amides is 1. The molecule has 3 N–H and O–H groups in total. The first kappa shape index (κ1) is 13.9. The van der Waals surface area contributed by atoms with Crippen LogP contribution >= 0.6 is 0 Å². The lowest BCUT2D eigenvalue weighted by Gasteiger charge is -2.39. The Kier molecular flexibility index (Phi) is 5.04. The molecule has 2 fully saturated rings. The van der Waals surface area contributed by atoms with Crippen LogP contribution in [0.3, 0.4) is 0 Å². The van der Waals surface area contributed by atoms with Gasteiger partial charge in [0.1, 0.15) is 0 Å². The van der Waals surface area contributed by atoms with Gasteiger partial charge in [-0.05, 0) is 37.5 Å². The van der Waals surface area contributed by atoms with Gasteiger partial charge in [-0.3, -0.25) is 4.79 Å². The van der Waals surface area contributed by atoms with Crippen LogP contribution in [-0.2, 0) is 4.79 Å². The molecule has 4 atom stereocenters. The maximum Gasteiger partial charge on any atom is 0.223 e. The second kappa shape index (κ2) is 6.55. The zero-order valence-electron chi connectivity index (χ0n) is 11.7. The van der Waals surface area contributed by atoms with Crippen LogP contribution in [0, 0.1) is 17.8 Å². The van der Waals surface area contributed by atoms with Crippen molar-refractivity contribution in [1.29, 1.82) is 0 Å². The van der Waals surface area contributed by atoms with Crippen molar-refractivity contribution >= 4 is 5.91 Å². The first-order chi connectivity index (χ1) is 8.74. The molecule has 0 heterocycles. The van der Waals surface area contributed by atoms with Crippen molar-refractivity contribution in [2.75, 3.05) is 6.54 Å². The minimum atomic E-state index is 0.168. The molecule has 4 unspecified atom stereocenters. The van der Waals surface area contributed by atoms with Gasteiger partial charge in [-0.15, -0.1) is 0 Å². The van der Waals surface area contributed by atoms with E-state index in [-0.39, 0.29) is 17.9 Å². The highest BCUT2D eigenvalue weighted by Gasteiger charge is 2.35. The van der Waals surface area contributed by atoms with E-state index in [0.29, 0.717) is 6.54 Å². The molecule has 2 aliphatic rings. The Labute approximate surface area is 111 Å². The predicted molar refractivity (Wildman–Crippen MR) is 74.1 cm³/mol. The normalized spacial score (nSPS) is 33.6. The summed E-state index contributed by atoms with van der Waals surface area (Å²) in [4.78, 5) is 12.2. The number of carbonyl (C=O) groups excluding carboxylic acids is 1. The number of nitrogens with one attached hydrogen (secondary N) is 1. The van der Waals surface area contributed by atoms with Crippen LogP contribution in [0.15, 0.2) is 0 Å². The third-order valence-electron chi connectivity index (χ3n) is 5.03. The lowest BCUT2D eigenvalue weighted by atomic mass is 9.67. The van der Waals surface area contributed by atoms with Crippen LogP contribution in [0.25, 0.3) is 0 Å². The van der Waals surface area contributed by atoms with Crippen molar-refractivity contribution < 1.29 is 4.79 Å². The van der Waals surface area contributed by atoms with Gasteiger partial charge in [-0.1, -0.05) is 32.6 Å². The fraction of sp³-hybridized carbons (Fsp3) is 0.933. The van der Waals surface area contributed by atoms with Gasteiger partial charge in [-0.25, -0.2) is 0 Å². The molecular formula is C15H28N2O. The molecule has 0 aliphatic heterocycles. The summed E-state index contributed by atoms with van der Waals surface area (Å²) in [7, 11) is 0. The van der Waals surface area contributed by atoms with Gasteiger partial charge in [0.25, 0.3) is 0 Å². The van der Waals surface area contributed by atoms with E-state index in [0.717, 1.165) is 31.1 Å². The Morgan fingerprint density at radius 1 is 1.22 bits per heavy atom. The lowest BCUT2D eigenvalue weighted by molar-refractivity contribution is -0.127. The molecule has 2 aliphatic carbocycles. The highest BCUT2D eigenvalue weighted by molar-refractivity contribution is 5.79. The van der Waals surface area contributed by atoms with Crippen LogP contribution in [0.2, 0.25) is 0 Å². The Morgan fingerprint density at radius 2 is 1.94 bits per heavy atom. The molecule has 2 saturated carbocycles. The summed E-state index contributed by atoms with van der Waals surface area (Å²) in [6, 6.07) is 0.168. The fourth-order valence-corrected chi connectivity index (χ4v) is 3.76. The maximum absolute atomic E-state index is 12.2. The molecule has 0 radical (unpaired) electrons. The molecule has 0 saturated heterocycles. The summed E-state index contributed by atoms with van der Waals surface area (Å²) in [6.45, 7) is 2.64. The lowest BCUT2D eigenvalue weighted by Crippen LogP contribution is -2.44. The molecule has 104 valence electrons. The molecule has 3 nitrogen and oxygen atoms in total. The third kappa shape index (κ3) is 3.25. The van der Waals surface area contributed by atoms with Crippen molar-refractivity contribution in [2.45, 2.75) is 64.3 Å². The topological polar surface area (TPSA) is 55.1 Å². The Bertz CT molecular complexity index is 276.